The molecule has 15 heavy (non-hydrogen) atoms. The van der Waals surface area contributed by atoms with Crippen LogP contribution in [0.4, 0.5) is 0 Å². The van der Waals surface area contributed by atoms with Crippen molar-refractivity contribution in [2.24, 2.45) is 0 Å². The average molecular weight is 196 g/mol. The van der Waals surface area contributed by atoms with Gasteiger partial charge in [-0.1, -0.05) is 0 Å². The van der Waals surface area contributed by atoms with Crippen molar-refractivity contribution in [1.29, 1.82) is 10.5 Å². The van der Waals surface area contributed by atoms with Crippen LogP contribution in [-0.4, -0.2) is 19.5 Å². The summed E-state index contributed by atoms with van der Waals surface area (Å²) in [6.07, 6.45) is 5.90. The molecular weight excluding hydrogens is 192 g/mol. The molecule has 0 N–H and O–H groups in total. The van der Waals surface area contributed by atoms with Gasteiger partial charge in [-0.05, 0) is 0 Å². The first-order valence-corrected chi connectivity index (χ1v) is 4.01. The molecule has 6 nitrogen and oxygen atoms in total. The fourth-order valence-electron chi connectivity index (χ4n) is 1.14. The van der Waals surface area contributed by atoms with E-state index in [2.05, 4.69) is 15.0 Å². The maximum Gasteiger partial charge on any atom is 0.218 e. The lowest BCUT2D eigenvalue weighted by atomic mass is 10.4. The van der Waals surface area contributed by atoms with Crippen LogP contribution in [0.15, 0.2) is 24.8 Å². The van der Waals surface area contributed by atoms with E-state index in [9.17, 15) is 0 Å². The van der Waals surface area contributed by atoms with Crippen LogP contribution < -0.4 is 0 Å². The van der Waals surface area contributed by atoms with Crippen LogP contribution in [0.5, 0.6) is 0 Å². The van der Waals surface area contributed by atoms with Gasteiger partial charge in [0.25, 0.3) is 0 Å². The van der Waals surface area contributed by atoms with Crippen molar-refractivity contribution in [2.75, 3.05) is 0 Å². The Labute approximate surface area is 85.1 Å². The third-order valence-electron chi connectivity index (χ3n) is 1.75. The van der Waals surface area contributed by atoms with Gasteiger partial charge >= 0.3 is 0 Å². The minimum atomic E-state index is 0.159. The molecule has 0 atom stereocenters. The number of nitriles is 2. The molecule has 2 aromatic heterocycles. The largest absolute Gasteiger partial charge is 0.273 e. The standard InChI is InChI=1S/C9H4N6/c10-5-7-9(14-2-1-12-7)15-4-3-13-8(15)6-11/h1-4H. The molecule has 0 fully saturated rings. The van der Waals surface area contributed by atoms with Gasteiger partial charge in [0, 0.05) is 24.8 Å². The van der Waals surface area contributed by atoms with E-state index >= 15 is 0 Å². The fraction of sp³-hybridized carbons (Fsp3) is 0. The molecule has 0 aliphatic rings. The Balaban J connectivity index is 2.66. The van der Waals surface area contributed by atoms with Crippen molar-refractivity contribution in [3.63, 3.8) is 0 Å². The smallest absolute Gasteiger partial charge is 0.218 e. The molecule has 0 amide bonds. The van der Waals surface area contributed by atoms with E-state index in [0.717, 1.165) is 0 Å². The summed E-state index contributed by atoms with van der Waals surface area (Å²) in [6.45, 7) is 0. The first kappa shape index (κ1) is 8.85. The van der Waals surface area contributed by atoms with Crippen molar-refractivity contribution in [3.8, 4) is 18.0 Å². The summed E-state index contributed by atoms with van der Waals surface area (Å²) < 4.78 is 1.42. The summed E-state index contributed by atoms with van der Waals surface area (Å²) in [6, 6.07) is 3.80. The second-order valence-corrected chi connectivity index (χ2v) is 2.57. The molecule has 2 heterocycles. The molecule has 0 aliphatic carbocycles. The molecule has 0 bridgehead atoms. The van der Waals surface area contributed by atoms with Gasteiger partial charge in [0.2, 0.25) is 5.82 Å². The van der Waals surface area contributed by atoms with Crippen LogP contribution in [0.3, 0.4) is 0 Å². The minimum absolute atomic E-state index is 0.159. The Bertz CT molecular complexity index is 571. The molecule has 0 saturated heterocycles. The maximum atomic E-state index is 8.81. The SMILES string of the molecule is N#Cc1nccnc1-n1ccnc1C#N. The Morgan fingerprint density at radius 2 is 1.80 bits per heavy atom. The molecule has 0 unspecified atom stereocenters. The third-order valence-corrected chi connectivity index (χ3v) is 1.75. The first-order chi connectivity index (χ1) is 7.36. The molecule has 6 heteroatoms. The van der Waals surface area contributed by atoms with Gasteiger partial charge in [-0.15, -0.1) is 0 Å². The van der Waals surface area contributed by atoms with Gasteiger partial charge in [-0.3, -0.25) is 4.57 Å². The Hall–Kier alpha value is -2.73. The van der Waals surface area contributed by atoms with Gasteiger partial charge in [0.15, 0.2) is 11.5 Å². The summed E-state index contributed by atoms with van der Waals surface area (Å²) in [7, 11) is 0. The number of hydrogen-bond donors (Lipinski definition) is 0. The highest BCUT2D eigenvalue weighted by Crippen LogP contribution is 2.09. The normalized spacial score (nSPS) is 9.20. The molecule has 0 aliphatic heterocycles. The van der Waals surface area contributed by atoms with E-state index in [1.165, 1.54) is 23.2 Å². The summed E-state index contributed by atoms with van der Waals surface area (Å²) in [5.74, 6) is 0.487. The highest BCUT2D eigenvalue weighted by atomic mass is 15.1. The van der Waals surface area contributed by atoms with Crippen molar-refractivity contribution < 1.29 is 0 Å². The molecule has 0 radical (unpaired) electrons. The number of imidazole rings is 1. The van der Waals surface area contributed by atoms with Gasteiger partial charge in [0.1, 0.15) is 12.1 Å². The van der Waals surface area contributed by atoms with Gasteiger partial charge in [0.05, 0.1) is 0 Å². The summed E-state index contributed by atoms with van der Waals surface area (Å²) in [5.41, 5.74) is 0.159. The fourth-order valence-corrected chi connectivity index (χ4v) is 1.14. The maximum absolute atomic E-state index is 8.81. The van der Waals surface area contributed by atoms with Gasteiger partial charge in [-0.2, -0.15) is 10.5 Å². The second-order valence-electron chi connectivity index (χ2n) is 2.57. The van der Waals surface area contributed by atoms with Crippen LogP contribution in [0.1, 0.15) is 11.5 Å². The molecule has 0 saturated carbocycles. The summed E-state index contributed by atoms with van der Waals surface area (Å²) >= 11 is 0. The third kappa shape index (κ3) is 1.40. The van der Waals surface area contributed by atoms with Crippen molar-refractivity contribution in [1.82, 2.24) is 19.5 Å². The van der Waals surface area contributed by atoms with Gasteiger partial charge < -0.3 is 0 Å². The Kier molecular flexibility index (Phi) is 2.10. The quantitative estimate of drug-likeness (QED) is 0.658. The molecular formula is C9H4N6. The summed E-state index contributed by atoms with van der Waals surface area (Å²) in [4.78, 5) is 11.6. The Morgan fingerprint density at radius 3 is 2.53 bits per heavy atom. The lowest BCUT2D eigenvalue weighted by Crippen LogP contribution is -2.03. The monoisotopic (exact) mass is 196 g/mol. The number of hydrogen-bond acceptors (Lipinski definition) is 5. The molecule has 70 valence electrons. The van der Waals surface area contributed by atoms with Crippen molar-refractivity contribution in [2.45, 2.75) is 0 Å². The van der Waals surface area contributed by atoms with Crippen LogP contribution >= 0.6 is 0 Å². The molecule has 0 spiro atoms. The first-order valence-electron chi connectivity index (χ1n) is 4.01. The second kappa shape index (κ2) is 3.56. The topological polar surface area (TPSA) is 91.2 Å². The van der Waals surface area contributed by atoms with Crippen molar-refractivity contribution in [3.05, 3.63) is 36.3 Å². The van der Waals surface area contributed by atoms with Crippen molar-refractivity contribution >= 4 is 0 Å². The van der Waals surface area contributed by atoms with E-state index < -0.39 is 0 Å². The average Bonchev–Trinajstić information content (AvgIpc) is 2.76. The zero-order valence-corrected chi connectivity index (χ0v) is 7.49. The number of nitrogens with zero attached hydrogens (tertiary/aromatic N) is 6. The van der Waals surface area contributed by atoms with E-state index in [1.807, 2.05) is 12.1 Å². The number of aromatic nitrogens is 4. The van der Waals surface area contributed by atoms with Crippen LogP contribution in [-0.2, 0) is 0 Å². The van der Waals surface area contributed by atoms with E-state index in [0.29, 0.717) is 5.82 Å². The molecule has 2 rings (SSSR count). The van der Waals surface area contributed by atoms with E-state index in [1.54, 1.807) is 6.20 Å². The highest BCUT2D eigenvalue weighted by molar-refractivity contribution is 5.39. The summed E-state index contributed by atoms with van der Waals surface area (Å²) in [5, 5.41) is 17.6. The zero-order chi connectivity index (χ0) is 10.7. The van der Waals surface area contributed by atoms with Crippen LogP contribution in [0.2, 0.25) is 0 Å². The van der Waals surface area contributed by atoms with Crippen LogP contribution in [0, 0.1) is 22.7 Å². The van der Waals surface area contributed by atoms with Crippen LogP contribution in [0.25, 0.3) is 5.82 Å². The lowest BCUT2D eigenvalue weighted by molar-refractivity contribution is 0.938. The number of rotatable bonds is 1. The van der Waals surface area contributed by atoms with E-state index in [-0.39, 0.29) is 11.5 Å². The highest BCUT2D eigenvalue weighted by Gasteiger charge is 2.10. The molecule has 2 aromatic rings. The predicted octanol–water partition coefficient (Wildman–Crippen LogP) is 0.406. The lowest BCUT2D eigenvalue weighted by Gasteiger charge is -2.02. The van der Waals surface area contributed by atoms with Gasteiger partial charge in [-0.25, -0.2) is 15.0 Å². The predicted molar refractivity (Wildman–Crippen MR) is 48.6 cm³/mol. The Morgan fingerprint density at radius 1 is 1.00 bits per heavy atom. The minimum Gasteiger partial charge on any atom is -0.273 e. The molecule has 0 aromatic carbocycles. The van der Waals surface area contributed by atoms with E-state index in [4.69, 9.17) is 10.5 Å². The zero-order valence-electron chi connectivity index (χ0n) is 7.49.